The maximum Gasteiger partial charge on any atom is 0.265 e. The summed E-state index contributed by atoms with van der Waals surface area (Å²) in [5, 5.41) is 2.68. The Labute approximate surface area is 164 Å². The van der Waals surface area contributed by atoms with Crippen molar-refractivity contribution in [2.24, 2.45) is 0 Å². The first-order valence-electron chi connectivity index (χ1n) is 8.59. The van der Waals surface area contributed by atoms with Crippen LogP contribution in [0.2, 0.25) is 0 Å². The normalized spacial score (nSPS) is 16.0. The Hall–Kier alpha value is -2.99. The van der Waals surface area contributed by atoms with Gasteiger partial charge in [0.2, 0.25) is 0 Å². The number of nitrogens with one attached hydrogen (secondary N) is 1. The molecule has 1 saturated heterocycles. The average molecular weight is 379 g/mol. The van der Waals surface area contributed by atoms with E-state index in [0.717, 1.165) is 22.5 Å². The molecule has 27 heavy (non-hydrogen) atoms. The van der Waals surface area contributed by atoms with E-state index in [9.17, 15) is 9.59 Å². The van der Waals surface area contributed by atoms with Crippen LogP contribution in [0, 0.1) is 20.8 Å². The number of nitrogens with zero attached hydrogens (tertiary/aromatic N) is 2. The minimum atomic E-state index is -0.479. The summed E-state index contributed by atoms with van der Waals surface area (Å²) in [7, 11) is 0. The van der Waals surface area contributed by atoms with Gasteiger partial charge in [-0.1, -0.05) is 23.8 Å². The molecule has 1 aromatic carbocycles. The maximum absolute atomic E-state index is 12.7. The number of rotatable bonds is 4. The Balaban J connectivity index is 2.05. The molecule has 2 aromatic rings. The van der Waals surface area contributed by atoms with Gasteiger partial charge in [-0.15, -0.1) is 6.58 Å². The van der Waals surface area contributed by atoms with E-state index in [0.29, 0.717) is 0 Å². The number of hydrogen-bond donors (Lipinski definition) is 1. The molecule has 6 heteroatoms. The molecule has 0 saturated carbocycles. The first kappa shape index (κ1) is 18.8. The summed E-state index contributed by atoms with van der Waals surface area (Å²) in [4.78, 5) is 26.4. The number of benzene rings is 1. The van der Waals surface area contributed by atoms with E-state index in [2.05, 4.69) is 28.6 Å². The van der Waals surface area contributed by atoms with E-state index >= 15 is 0 Å². The number of carbonyl (C=O) groups is 2. The Morgan fingerprint density at radius 2 is 1.81 bits per heavy atom. The molecule has 0 bridgehead atoms. The summed E-state index contributed by atoms with van der Waals surface area (Å²) in [6.45, 7) is 9.85. The minimum Gasteiger partial charge on any atom is -0.320 e. The SMILES string of the molecule is C=CCN1C(=O)/C(=C\c2c(C)cn(-c3ccc(C)cc3)c2C)C(=O)NC1=S. The van der Waals surface area contributed by atoms with E-state index in [1.54, 1.807) is 12.2 Å². The van der Waals surface area contributed by atoms with Crippen molar-refractivity contribution in [2.45, 2.75) is 20.8 Å². The molecule has 0 atom stereocenters. The molecule has 0 radical (unpaired) electrons. The van der Waals surface area contributed by atoms with E-state index in [1.165, 1.54) is 10.5 Å². The monoisotopic (exact) mass is 379 g/mol. The summed E-state index contributed by atoms with van der Waals surface area (Å²) >= 11 is 5.09. The Morgan fingerprint density at radius 1 is 1.15 bits per heavy atom. The lowest BCUT2D eigenvalue weighted by atomic mass is 10.1. The molecular weight excluding hydrogens is 358 g/mol. The summed E-state index contributed by atoms with van der Waals surface area (Å²) in [6, 6.07) is 8.19. The number of amides is 2. The summed E-state index contributed by atoms with van der Waals surface area (Å²) in [5.41, 5.74) is 5.06. The highest BCUT2D eigenvalue weighted by molar-refractivity contribution is 7.80. The quantitative estimate of drug-likeness (QED) is 0.384. The topological polar surface area (TPSA) is 54.3 Å². The van der Waals surface area contributed by atoms with Crippen molar-refractivity contribution in [1.82, 2.24) is 14.8 Å². The summed E-state index contributed by atoms with van der Waals surface area (Å²) in [6.07, 6.45) is 5.22. The van der Waals surface area contributed by atoms with Crippen LogP contribution >= 0.6 is 12.2 Å². The van der Waals surface area contributed by atoms with Gasteiger partial charge in [0.15, 0.2) is 5.11 Å². The van der Waals surface area contributed by atoms with Gasteiger partial charge in [-0.05, 0) is 62.3 Å². The second-order valence-electron chi connectivity index (χ2n) is 6.54. The van der Waals surface area contributed by atoms with Crippen molar-refractivity contribution in [2.75, 3.05) is 6.54 Å². The number of hydrogen-bond acceptors (Lipinski definition) is 3. The van der Waals surface area contributed by atoms with Gasteiger partial charge in [-0.25, -0.2) is 0 Å². The van der Waals surface area contributed by atoms with Gasteiger partial charge in [0, 0.05) is 24.1 Å². The van der Waals surface area contributed by atoms with Crippen LogP contribution in [0.3, 0.4) is 0 Å². The summed E-state index contributed by atoms with van der Waals surface area (Å²) < 4.78 is 2.05. The van der Waals surface area contributed by atoms with Crippen LogP contribution in [0.4, 0.5) is 0 Å². The minimum absolute atomic E-state index is 0.0679. The molecule has 0 spiro atoms. The largest absolute Gasteiger partial charge is 0.320 e. The smallest absolute Gasteiger partial charge is 0.265 e. The van der Waals surface area contributed by atoms with E-state index < -0.39 is 11.8 Å². The second-order valence-corrected chi connectivity index (χ2v) is 6.93. The van der Waals surface area contributed by atoms with E-state index in [-0.39, 0.29) is 17.2 Å². The van der Waals surface area contributed by atoms with Crippen molar-refractivity contribution in [3.8, 4) is 5.69 Å². The highest BCUT2D eigenvalue weighted by Crippen LogP contribution is 2.25. The van der Waals surface area contributed by atoms with Gasteiger partial charge in [-0.2, -0.15) is 0 Å². The fourth-order valence-electron chi connectivity index (χ4n) is 3.10. The average Bonchev–Trinajstić information content (AvgIpc) is 2.90. The fourth-order valence-corrected chi connectivity index (χ4v) is 3.35. The molecule has 2 heterocycles. The third kappa shape index (κ3) is 3.48. The van der Waals surface area contributed by atoms with Gasteiger partial charge >= 0.3 is 0 Å². The van der Waals surface area contributed by atoms with Crippen molar-refractivity contribution in [3.63, 3.8) is 0 Å². The van der Waals surface area contributed by atoms with Crippen LogP contribution in [-0.4, -0.2) is 32.9 Å². The lowest BCUT2D eigenvalue weighted by Crippen LogP contribution is -2.53. The number of thiocarbonyl (C=S) groups is 1. The Kier molecular flexibility index (Phi) is 5.10. The molecule has 3 rings (SSSR count). The third-order valence-electron chi connectivity index (χ3n) is 4.60. The predicted octanol–water partition coefficient (Wildman–Crippen LogP) is 3.22. The molecule has 138 valence electrons. The standard InChI is InChI=1S/C21H21N3O2S/c1-5-10-23-20(26)18(19(25)22-21(23)27)11-17-14(3)12-24(15(17)4)16-8-6-13(2)7-9-16/h5-9,11-12H,1,10H2,2-4H3,(H,22,25,27)/b18-11-. The first-order valence-corrected chi connectivity index (χ1v) is 8.99. The van der Waals surface area contributed by atoms with E-state index in [1.807, 2.05) is 39.1 Å². The second kappa shape index (κ2) is 7.32. The van der Waals surface area contributed by atoms with Crippen LogP contribution in [0.1, 0.15) is 22.4 Å². The van der Waals surface area contributed by atoms with Crippen molar-refractivity contribution in [1.29, 1.82) is 0 Å². The Morgan fingerprint density at radius 3 is 2.44 bits per heavy atom. The van der Waals surface area contributed by atoms with Crippen LogP contribution in [-0.2, 0) is 9.59 Å². The van der Waals surface area contributed by atoms with Crippen molar-refractivity contribution >= 4 is 35.2 Å². The molecule has 1 N–H and O–H groups in total. The highest BCUT2D eigenvalue weighted by atomic mass is 32.1. The van der Waals surface area contributed by atoms with Crippen LogP contribution < -0.4 is 5.32 Å². The molecule has 1 aliphatic rings. The number of carbonyl (C=O) groups excluding carboxylic acids is 2. The number of aryl methyl sites for hydroxylation is 2. The predicted molar refractivity (Wildman–Crippen MR) is 111 cm³/mol. The zero-order valence-corrected chi connectivity index (χ0v) is 16.4. The van der Waals surface area contributed by atoms with Gasteiger partial charge in [0.1, 0.15) is 5.57 Å². The zero-order valence-electron chi connectivity index (χ0n) is 15.6. The molecule has 5 nitrogen and oxygen atoms in total. The number of aromatic nitrogens is 1. The maximum atomic E-state index is 12.7. The third-order valence-corrected chi connectivity index (χ3v) is 4.92. The molecule has 2 amide bonds. The van der Waals surface area contributed by atoms with Gasteiger partial charge < -0.3 is 4.57 Å². The molecule has 0 aliphatic carbocycles. The van der Waals surface area contributed by atoms with Crippen LogP contribution in [0.5, 0.6) is 0 Å². The molecule has 0 unspecified atom stereocenters. The molecule has 1 aromatic heterocycles. The zero-order chi connectivity index (χ0) is 19.7. The lowest BCUT2D eigenvalue weighted by Gasteiger charge is -2.27. The van der Waals surface area contributed by atoms with Crippen molar-refractivity contribution < 1.29 is 9.59 Å². The molecule has 1 fully saturated rings. The first-order chi connectivity index (χ1) is 12.8. The highest BCUT2D eigenvalue weighted by Gasteiger charge is 2.33. The lowest BCUT2D eigenvalue weighted by molar-refractivity contribution is -0.128. The van der Waals surface area contributed by atoms with Crippen molar-refractivity contribution in [3.05, 3.63) is 71.1 Å². The van der Waals surface area contributed by atoms with Gasteiger partial charge in [0.25, 0.3) is 11.8 Å². The van der Waals surface area contributed by atoms with Gasteiger partial charge in [-0.3, -0.25) is 19.8 Å². The van der Waals surface area contributed by atoms with Crippen LogP contribution in [0.15, 0.2) is 48.7 Å². The molecule has 1 aliphatic heterocycles. The molecular formula is C21H21N3O2S. The van der Waals surface area contributed by atoms with Crippen LogP contribution in [0.25, 0.3) is 11.8 Å². The summed E-state index contributed by atoms with van der Waals surface area (Å²) in [5.74, 6) is -0.891. The van der Waals surface area contributed by atoms with Gasteiger partial charge in [0.05, 0.1) is 0 Å². The fraction of sp³-hybridized carbons (Fsp3) is 0.190. The van der Waals surface area contributed by atoms with E-state index in [4.69, 9.17) is 12.2 Å². The Bertz CT molecular complexity index is 984.